The third kappa shape index (κ3) is 8.27. The second-order valence-corrected chi connectivity index (χ2v) is 11.0. The van der Waals surface area contributed by atoms with Gasteiger partial charge in [0.2, 0.25) is 11.8 Å². The quantitative estimate of drug-likeness (QED) is 0.396. The van der Waals surface area contributed by atoms with Crippen molar-refractivity contribution in [2.24, 2.45) is 11.3 Å². The van der Waals surface area contributed by atoms with Gasteiger partial charge in [-0.1, -0.05) is 65.3 Å². The van der Waals surface area contributed by atoms with Gasteiger partial charge in [0.15, 0.2) is 0 Å². The van der Waals surface area contributed by atoms with Gasteiger partial charge in [-0.2, -0.15) is 0 Å². The maximum atomic E-state index is 13.3. The van der Waals surface area contributed by atoms with Crippen LogP contribution in [-0.2, 0) is 16.0 Å². The van der Waals surface area contributed by atoms with Gasteiger partial charge in [0.25, 0.3) is 0 Å². The molecule has 0 radical (unpaired) electrons. The number of benzene rings is 2. The summed E-state index contributed by atoms with van der Waals surface area (Å²) in [7, 11) is 1.65. The number of nitrogens with zero attached hydrogens (tertiary/aromatic N) is 1. The molecule has 0 aliphatic heterocycles. The summed E-state index contributed by atoms with van der Waals surface area (Å²) in [6, 6.07) is 14.1. The summed E-state index contributed by atoms with van der Waals surface area (Å²) in [6.07, 6.45) is 2.43. The van der Waals surface area contributed by atoms with Crippen molar-refractivity contribution in [3.05, 3.63) is 65.2 Å². The molecule has 35 heavy (non-hydrogen) atoms. The molecule has 2 amide bonds. The van der Waals surface area contributed by atoms with Crippen LogP contribution >= 0.6 is 0 Å². The number of amides is 2. The summed E-state index contributed by atoms with van der Waals surface area (Å²) in [6.45, 7) is 16.7. The highest BCUT2D eigenvalue weighted by Crippen LogP contribution is 2.35. The Morgan fingerprint density at radius 2 is 1.66 bits per heavy atom. The van der Waals surface area contributed by atoms with E-state index in [9.17, 15) is 9.59 Å². The molecule has 2 aromatic carbocycles. The van der Waals surface area contributed by atoms with Crippen molar-refractivity contribution in [1.82, 2.24) is 0 Å². The molecule has 2 aromatic rings. The van der Waals surface area contributed by atoms with Gasteiger partial charge in [-0.25, -0.2) is 0 Å². The van der Waals surface area contributed by atoms with Crippen LogP contribution in [-0.4, -0.2) is 25.5 Å². The second-order valence-electron chi connectivity index (χ2n) is 11.0. The Morgan fingerprint density at radius 3 is 2.17 bits per heavy atom. The van der Waals surface area contributed by atoms with Gasteiger partial charge in [-0.05, 0) is 67.5 Å². The molecule has 0 aliphatic carbocycles. The van der Waals surface area contributed by atoms with E-state index in [1.807, 2.05) is 69.9 Å². The molecule has 1 atom stereocenters. The standard InChI is InChI=1S/C30H42N2O3/c1-20(2)16-28(33)31-25-13-10-23(11-14-25)17-22(5)24-12-15-27(35-9)26(18-24)32(19-21(3)4)29(34)30(6,7)8/h10-16,18,21-22H,17,19H2,1-9H3,(H,31,33). The average molecular weight is 479 g/mol. The third-order valence-corrected chi connectivity index (χ3v) is 5.68. The maximum Gasteiger partial charge on any atom is 0.248 e. The molecule has 1 unspecified atom stereocenters. The fourth-order valence-electron chi connectivity index (χ4n) is 3.92. The van der Waals surface area contributed by atoms with Gasteiger partial charge >= 0.3 is 0 Å². The molecule has 0 aromatic heterocycles. The summed E-state index contributed by atoms with van der Waals surface area (Å²) in [4.78, 5) is 27.2. The van der Waals surface area contributed by atoms with Gasteiger partial charge in [-0.15, -0.1) is 0 Å². The Labute approximate surface area is 211 Å². The summed E-state index contributed by atoms with van der Waals surface area (Å²) in [5.41, 5.74) is 4.40. The predicted molar refractivity (Wildman–Crippen MR) is 146 cm³/mol. The topological polar surface area (TPSA) is 58.6 Å². The van der Waals surface area contributed by atoms with Crippen LogP contribution in [0.2, 0.25) is 0 Å². The predicted octanol–water partition coefficient (Wildman–Crippen LogP) is 6.98. The van der Waals surface area contributed by atoms with Crippen LogP contribution in [0.15, 0.2) is 54.1 Å². The zero-order valence-corrected chi connectivity index (χ0v) is 22.9. The fraction of sp³-hybridized carbons (Fsp3) is 0.467. The summed E-state index contributed by atoms with van der Waals surface area (Å²) in [5, 5.41) is 2.89. The van der Waals surface area contributed by atoms with Gasteiger partial charge in [-0.3, -0.25) is 9.59 Å². The van der Waals surface area contributed by atoms with E-state index in [4.69, 9.17) is 4.74 Å². The Morgan fingerprint density at radius 1 is 1.03 bits per heavy atom. The normalized spacial score (nSPS) is 12.2. The van der Waals surface area contributed by atoms with Crippen LogP contribution in [0.4, 0.5) is 11.4 Å². The number of hydrogen-bond donors (Lipinski definition) is 1. The lowest BCUT2D eigenvalue weighted by Gasteiger charge is -2.32. The van der Waals surface area contributed by atoms with Crippen LogP contribution in [0.25, 0.3) is 0 Å². The highest BCUT2D eigenvalue weighted by Gasteiger charge is 2.30. The Kier molecular flexibility index (Phi) is 9.70. The van der Waals surface area contributed by atoms with E-state index in [1.54, 1.807) is 13.2 Å². The largest absolute Gasteiger partial charge is 0.495 e. The molecule has 0 fully saturated rings. The first-order valence-electron chi connectivity index (χ1n) is 12.4. The summed E-state index contributed by atoms with van der Waals surface area (Å²) in [5.74, 6) is 1.22. The fourth-order valence-corrected chi connectivity index (χ4v) is 3.92. The monoisotopic (exact) mass is 478 g/mol. The Balaban J connectivity index is 2.28. The number of methoxy groups -OCH3 is 1. The minimum atomic E-state index is -0.496. The maximum absolute atomic E-state index is 13.3. The van der Waals surface area contributed by atoms with Crippen LogP contribution < -0.4 is 15.0 Å². The molecule has 0 aliphatic rings. The lowest BCUT2D eigenvalue weighted by molar-refractivity contribution is -0.126. The van der Waals surface area contributed by atoms with Crippen LogP contribution in [0.5, 0.6) is 5.75 Å². The highest BCUT2D eigenvalue weighted by molar-refractivity contribution is 5.99. The molecular formula is C30H42N2O3. The van der Waals surface area contributed by atoms with Crippen molar-refractivity contribution in [3.8, 4) is 5.75 Å². The molecule has 0 saturated heterocycles. The molecule has 190 valence electrons. The number of hydrogen-bond acceptors (Lipinski definition) is 3. The molecule has 1 N–H and O–H groups in total. The van der Waals surface area contributed by atoms with Gasteiger partial charge < -0.3 is 15.0 Å². The smallest absolute Gasteiger partial charge is 0.248 e. The minimum Gasteiger partial charge on any atom is -0.495 e. The number of nitrogens with one attached hydrogen (secondary N) is 1. The van der Waals surface area contributed by atoms with Crippen molar-refractivity contribution in [2.45, 2.75) is 67.7 Å². The van der Waals surface area contributed by atoms with Gasteiger partial charge in [0, 0.05) is 23.7 Å². The minimum absolute atomic E-state index is 0.0834. The highest BCUT2D eigenvalue weighted by atomic mass is 16.5. The van der Waals surface area contributed by atoms with Crippen molar-refractivity contribution in [1.29, 1.82) is 0 Å². The van der Waals surface area contributed by atoms with Crippen molar-refractivity contribution in [2.75, 3.05) is 23.9 Å². The van der Waals surface area contributed by atoms with Gasteiger partial charge in [0.05, 0.1) is 12.8 Å². The van der Waals surface area contributed by atoms with E-state index in [0.717, 1.165) is 28.9 Å². The molecular weight excluding hydrogens is 436 g/mol. The SMILES string of the molecule is COc1ccc(C(C)Cc2ccc(NC(=O)C=C(C)C)cc2)cc1N(CC(C)C)C(=O)C(C)(C)C. The van der Waals surface area contributed by atoms with E-state index >= 15 is 0 Å². The van der Waals surface area contributed by atoms with Crippen LogP contribution in [0.1, 0.15) is 72.4 Å². The van der Waals surface area contributed by atoms with Crippen molar-refractivity contribution >= 4 is 23.2 Å². The number of anilines is 2. The van der Waals surface area contributed by atoms with E-state index in [2.05, 4.69) is 38.2 Å². The molecule has 0 saturated carbocycles. The average Bonchev–Trinajstić information content (AvgIpc) is 2.76. The number of allylic oxidation sites excluding steroid dienone is 1. The molecule has 0 heterocycles. The zero-order valence-electron chi connectivity index (χ0n) is 22.9. The second kappa shape index (κ2) is 12.1. The molecule has 2 rings (SSSR count). The zero-order chi connectivity index (χ0) is 26.3. The third-order valence-electron chi connectivity index (χ3n) is 5.68. The number of carbonyl (C=O) groups excluding carboxylic acids is 2. The Bertz CT molecular complexity index is 1040. The number of carbonyl (C=O) groups is 2. The van der Waals surface area contributed by atoms with E-state index in [1.165, 1.54) is 5.56 Å². The molecule has 0 spiro atoms. The molecule has 5 nitrogen and oxygen atoms in total. The van der Waals surface area contributed by atoms with E-state index in [0.29, 0.717) is 18.2 Å². The first-order chi connectivity index (χ1) is 16.3. The van der Waals surface area contributed by atoms with E-state index in [-0.39, 0.29) is 17.7 Å². The Hall–Kier alpha value is -3.08. The van der Waals surface area contributed by atoms with Gasteiger partial charge in [0.1, 0.15) is 5.75 Å². The van der Waals surface area contributed by atoms with Crippen molar-refractivity contribution in [3.63, 3.8) is 0 Å². The van der Waals surface area contributed by atoms with Crippen LogP contribution in [0, 0.1) is 11.3 Å². The number of ether oxygens (including phenoxy) is 1. The first-order valence-corrected chi connectivity index (χ1v) is 12.4. The molecule has 0 bridgehead atoms. The molecule has 5 heteroatoms. The summed E-state index contributed by atoms with van der Waals surface area (Å²) >= 11 is 0. The first kappa shape index (κ1) is 28.2. The van der Waals surface area contributed by atoms with Crippen LogP contribution in [0.3, 0.4) is 0 Å². The lowest BCUT2D eigenvalue weighted by atomic mass is 9.91. The van der Waals surface area contributed by atoms with E-state index < -0.39 is 5.41 Å². The van der Waals surface area contributed by atoms with Crippen molar-refractivity contribution < 1.29 is 14.3 Å². The number of rotatable bonds is 9. The summed E-state index contributed by atoms with van der Waals surface area (Å²) < 4.78 is 5.66. The lowest BCUT2D eigenvalue weighted by Crippen LogP contribution is -2.42.